The second kappa shape index (κ2) is 10.1. The van der Waals surface area contributed by atoms with Crippen LogP contribution in [0.25, 0.3) is 0 Å². The van der Waals surface area contributed by atoms with Gasteiger partial charge in [-0.2, -0.15) is 0 Å². The van der Waals surface area contributed by atoms with Crippen molar-refractivity contribution in [3.63, 3.8) is 0 Å². The van der Waals surface area contributed by atoms with Gasteiger partial charge in [0, 0.05) is 42.4 Å². The molecule has 3 rings (SSSR count). The standard InChI is InChI=1S/C24H29N3O3/c1-3-14-25-22(28)19-12-15-27(16-13-19)24(30)20-8-10-21(11-9-20)26-23(29)18-6-4-17(2)5-7-18/h4-11,19H,3,12-16H2,1-2H3,(H,25,28)(H,26,29). The summed E-state index contributed by atoms with van der Waals surface area (Å²) in [5.41, 5.74) is 2.91. The van der Waals surface area contributed by atoms with Crippen molar-refractivity contribution in [3.05, 3.63) is 65.2 Å². The van der Waals surface area contributed by atoms with Crippen molar-refractivity contribution in [2.24, 2.45) is 5.92 Å². The highest BCUT2D eigenvalue weighted by Gasteiger charge is 2.27. The monoisotopic (exact) mass is 407 g/mol. The number of aryl methyl sites for hydroxylation is 1. The van der Waals surface area contributed by atoms with Gasteiger partial charge in [0.1, 0.15) is 0 Å². The number of rotatable bonds is 6. The van der Waals surface area contributed by atoms with Gasteiger partial charge in [-0.15, -0.1) is 0 Å². The van der Waals surface area contributed by atoms with Crippen LogP contribution in [0.3, 0.4) is 0 Å². The highest BCUT2D eigenvalue weighted by atomic mass is 16.2. The fraction of sp³-hybridized carbons (Fsp3) is 0.375. The predicted molar refractivity (Wildman–Crippen MR) is 118 cm³/mol. The number of carbonyl (C=O) groups excluding carboxylic acids is 3. The molecule has 0 aliphatic carbocycles. The molecule has 1 heterocycles. The summed E-state index contributed by atoms with van der Waals surface area (Å²) in [5.74, 6) is -0.145. The maximum atomic E-state index is 12.8. The number of piperidine rings is 1. The van der Waals surface area contributed by atoms with Gasteiger partial charge in [-0.05, 0) is 62.6 Å². The van der Waals surface area contributed by atoms with E-state index in [9.17, 15) is 14.4 Å². The molecule has 1 fully saturated rings. The molecule has 0 unspecified atom stereocenters. The largest absolute Gasteiger partial charge is 0.356 e. The van der Waals surface area contributed by atoms with Gasteiger partial charge in [0.25, 0.3) is 11.8 Å². The third-order valence-electron chi connectivity index (χ3n) is 5.41. The SMILES string of the molecule is CCCNC(=O)C1CCN(C(=O)c2ccc(NC(=O)c3ccc(C)cc3)cc2)CC1. The Kier molecular flexibility index (Phi) is 7.22. The lowest BCUT2D eigenvalue weighted by atomic mass is 9.95. The van der Waals surface area contributed by atoms with E-state index in [1.165, 1.54) is 0 Å². The number of likely N-dealkylation sites (tertiary alicyclic amines) is 1. The summed E-state index contributed by atoms with van der Waals surface area (Å²) in [4.78, 5) is 39.0. The zero-order chi connectivity index (χ0) is 21.5. The molecule has 1 aliphatic heterocycles. The van der Waals surface area contributed by atoms with Crippen molar-refractivity contribution in [1.29, 1.82) is 0 Å². The first-order valence-electron chi connectivity index (χ1n) is 10.5. The summed E-state index contributed by atoms with van der Waals surface area (Å²) in [6, 6.07) is 14.3. The van der Waals surface area contributed by atoms with Gasteiger partial charge in [0.05, 0.1) is 0 Å². The Hall–Kier alpha value is -3.15. The van der Waals surface area contributed by atoms with Crippen LogP contribution in [-0.4, -0.2) is 42.3 Å². The molecular weight excluding hydrogens is 378 g/mol. The van der Waals surface area contributed by atoms with Crippen LogP contribution in [0.15, 0.2) is 48.5 Å². The van der Waals surface area contributed by atoms with E-state index in [0.717, 1.165) is 12.0 Å². The number of nitrogens with zero attached hydrogens (tertiary/aromatic N) is 1. The minimum Gasteiger partial charge on any atom is -0.356 e. The Balaban J connectivity index is 1.53. The van der Waals surface area contributed by atoms with E-state index in [1.807, 2.05) is 26.0 Å². The molecule has 2 aromatic carbocycles. The van der Waals surface area contributed by atoms with Crippen molar-refractivity contribution in [2.75, 3.05) is 25.0 Å². The zero-order valence-electron chi connectivity index (χ0n) is 17.6. The Bertz CT molecular complexity index is 883. The minimum atomic E-state index is -0.183. The van der Waals surface area contributed by atoms with E-state index < -0.39 is 0 Å². The van der Waals surface area contributed by atoms with Gasteiger partial charge in [-0.3, -0.25) is 14.4 Å². The number of carbonyl (C=O) groups is 3. The highest BCUT2D eigenvalue weighted by Crippen LogP contribution is 2.20. The van der Waals surface area contributed by atoms with Gasteiger partial charge >= 0.3 is 0 Å². The summed E-state index contributed by atoms with van der Waals surface area (Å²) in [6.45, 7) is 5.86. The van der Waals surface area contributed by atoms with E-state index >= 15 is 0 Å². The molecule has 0 radical (unpaired) electrons. The molecule has 6 heteroatoms. The quantitative estimate of drug-likeness (QED) is 0.768. The first kappa shape index (κ1) is 21.6. The third-order valence-corrected chi connectivity index (χ3v) is 5.41. The van der Waals surface area contributed by atoms with Crippen LogP contribution in [0, 0.1) is 12.8 Å². The number of nitrogens with one attached hydrogen (secondary N) is 2. The van der Waals surface area contributed by atoms with E-state index in [4.69, 9.17) is 0 Å². The molecule has 3 amide bonds. The summed E-state index contributed by atoms with van der Waals surface area (Å²) >= 11 is 0. The Morgan fingerprint density at radius 2 is 1.53 bits per heavy atom. The number of hydrogen-bond donors (Lipinski definition) is 2. The van der Waals surface area contributed by atoms with E-state index in [1.54, 1.807) is 41.3 Å². The maximum Gasteiger partial charge on any atom is 0.255 e. The molecule has 158 valence electrons. The molecule has 6 nitrogen and oxygen atoms in total. The van der Waals surface area contributed by atoms with Crippen molar-refractivity contribution in [1.82, 2.24) is 10.2 Å². The van der Waals surface area contributed by atoms with Crippen LogP contribution < -0.4 is 10.6 Å². The fourth-order valence-electron chi connectivity index (χ4n) is 3.52. The van der Waals surface area contributed by atoms with Crippen LogP contribution in [0.2, 0.25) is 0 Å². The van der Waals surface area contributed by atoms with Gasteiger partial charge in [0.2, 0.25) is 5.91 Å². The van der Waals surface area contributed by atoms with Crippen molar-refractivity contribution >= 4 is 23.4 Å². The van der Waals surface area contributed by atoms with Crippen molar-refractivity contribution in [2.45, 2.75) is 33.1 Å². The molecular formula is C24H29N3O3. The van der Waals surface area contributed by atoms with Crippen LogP contribution >= 0.6 is 0 Å². The molecule has 2 N–H and O–H groups in total. The summed E-state index contributed by atoms with van der Waals surface area (Å²) in [5, 5.41) is 5.79. The van der Waals surface area contributed by atoms with E-state index in [0.29, 0.717) is 49.3 Å². The molecule has 1 saturated heterocycles. The van der Waals surface area contributed by atoms with Gasteiger partial charge < -0.3 is 15.5 Å². The molecule has 0 spiro atoms. The Morgan fingerprint density at radius 1 is 0.933 bits per heavy atom. The number of benzene rings is 2. The first-order chi connectivity index (χ1) is 14.5. The lowest BCUT2D eigenvalue weighted by Gasteiger charge is -2.31. The smallest absolute Gasteiger partial charge is 0.255 e. The zero-order valence-corrected chi connectivity index (χ0v) is 17.6. The number of anilines is 1. The Morgan fingerprint density at radius 3 is 2.13 bits per heavy atom. The molecule has 30 heavy (non-hydrogen) atoms. The van der Waals surface area contributed by atoms with Crippen LogP contribution in [0.5, 0.6) is 0 Å². The Labute approximate surface area is 177 Å². The van der Waals surface area contributed by atoms with Crippen LogP contribution in [0.1, 0.15) is 52.5 Å². The topological polar surface area (TPSA) is 78.5 Å². The lowest BCUT2D eigenvalue weighted by molar-refractivity contribution is -0.126. The lowest BCUT2D eigenvalue weighted by Crippen LogP contribution is -2.43. The second-order valence-corrected chi connectivity index (χ2v) is 7.76. The average Bonchev–Trinajstić information content (AvgIpc) is 2.78. The maximum absolute atomic E-state index is 12.8. The summed E-state index contributed by atoms with van der Waals surface area (Å²) < 4.78 is 0. The second-order valence-electron chi connectivity index (χ2n) is 7.76. The number of hydrogen-bond acceptors (Lipinski definition) is 3. The first-order valence-corrected chi connectivity index (χ1v) is 10.5. The molecule has 1 aliphatic rings. The van der Waals surface area contributed by atoms with Crippen LogP contribution in [0.4, 0.5) is 5.69 Å². The van der Waals surface area contributed by atoms with E-state index in [-0.39, 0.29) is 23.6 Å². The summed E-state index contributed by atoms with van der Waals surface area (Å²) in [7, 11) is 0. The fourth-order valence-corrected chi connectivity index (χ4v) is 3.52. The van der Waals surface area contributed by atoms with Crippen LogP contribution in [-0.2, 0) is 4.79 Å². The van der Waals surface area contributed by atoms with Crippen molar-refractivity contribution < 1.29 is 14.4 Å². The van der Waals surface area contributed by atoms with Crippen molar-refractivity contribution in [3.8, 4) is 0 Å². The molecule has 0 aromatic heterocycles. The molecule has 0 bridgehead atoms. The highest BCUT2D eigenvalue weighted by molar-refractivity contribution is 6.04. The third kappa shape index (κ3) is 5.47. The minimum absolute atomic E-state index is 0.0139. The van der Waals surface area contributed by atoms with E-state index in [2.05, 4.69) is 10.6 Å². The van der Waals surface area contributed by atoms with Gasteiger partial charge in [-0.25, -0.2) is 0 Å². The average molecular weight is 408 g/mol. The molecule has 0 saturated carbocycles. The van der Waals surface area contributed by atoms with Gasteiger partial charge in [-0.1, -0.05) is 24.6 Å². The summed E-state index contributed by atoms with van der Waals surface area (Å²) in [6.07, 6.45) is 2.29. The molecule has 0 atom stereocenters. The number of amides is 3. The predicted octanol–water partition coefficient (Wildman–Crippen LogP) is 3.63. The molecule has 2 aromatic rings. The normalized spacial score (nSPS) is 14.3. The van der Waals surface area contributed by atoms with Gasteiger partial charge in [0.15, 0.2) is 0 Å².